The third kappa shape index (κ3) is 2.73. The van der Waals surface area contributed by atoms with Crippen LogP contribution >= 0.6 is 11.3 Å². The van der Waals surface area contributed by atoms with Gasteiger partial charge in [-0.2, -0.15) is 0 Å². The second-order valence-corrected chi connectivity index (χ2v) is 6.54. The van der Waals surface area contributed by atoms with E-state index in [-0.39, 0.29) is 5.91 Å². The lowest BCUT2D eigenvalue weighted by molar-refractivity contribution is -0.142. The molecule has 0 radical (unpaired) electrons. The molecule has 1 aromatic heterocycles. The Kier molecular flexibility index (Phi) is 4.48. The van der Waals surface area contributed by atoms with Crippen LogP contribution in [0.5, 0.6) is 0 Å². The molecule has 0 fully saturated rings. The number of carboxylic acid groups (broad SMARTS) is 1. The summed E-state index contributed by atoms with van der Waals surface area (Å²) >= 11 is 1.63. The number of aliphatic carboxylic acids is 1. The van der Waals surface area contributed by atoms with Crippen molar-refractivity contribution in [3.63, 3.8) is 0 Å². The fourth-order valence-electron chi connectivity index (χ4n) is 2.80. The molecule has 0 bridgehead atoms. The molecule has 20 heavy (non-hydrogen) atoms. The molecule has 0 spiro atoms. The third-order valence-electron chi connectivity index (χ3n) is 4.09. The van der Waals surface area contributed by atoms with Crippen LogP contribution in [0.15, 0.2) is 5.38 Å². The quantitative estimate of drug-likeness (QED) is 0.929. The van der Waals surface area contributed by atoms with Gasteiger partial charge in [-0.15, -0.1) is 11.3 Å². The Morgan fingerprint density at radius 2 is 2.25 bits per heavy atom. The third-order valence-corrected chi connectivity index (χ3v) is 5.14. The molecule has 0 aromatic carbocycles. The van der Waals surface area contributed by atoms with Gasteiger partial charge >= 0.3 is 5.97 Å². The van der Waals surface area contributed by atoms with Gasteiger partial charge < -0.3 is 10.0 Å². The zero-order valence-corrected chi connectivity index (χ0v) is 13.0. The van der Waals surface area contributed by atoms with E-state index in [2.05, 4.69) is 6.92 Å². The van der Waals surface area contributed by atoms with Crippen molar-refractivity contribution in [1.82, 2.24) is 4.90 Å². The number of amides is 1. The zero-order valence-electron chi connectivity index (χ0n) is 12.2. The SMILES string of the molecule is CCC(C(=O)O)N(C)C(=O)c1csc2c1CCC(C)C2. The van der Waals surface area contributed by atoms with Gasteiger partial charge in [0.2, 0.25) is 0 Å². The van der Waals surface area contributed by atoms with Crippen molar-refractivity contribution >= 4 is 23.2 Å². The van der Waals surface area contributed by atoms with Crippen molar-refractivity contribution in [2.75, 3.05) is 7.05 Å². The fourth-order valence-corrected chi connectivity index (χ4v) is 4.04. The average molecular weight is 295 g/mol. The van der Waals surface area contributed by atoms with Gasteiger partial charge in [-0.1, -0.05) is 13.8 Å². The van der Waals surface area contributed by atoms with Crippen LogP contribution in [-0.4, -0.2) is 35.0 Å². The van der Waals surface area contributed by atoms with Crippen LogP contribution < -0.4 is 0 Å². The molecule has 1 aliphatic carbocycles. The molecule has 2 unspecified atom stereocenters. The predicted octanol–water partition coefficient (Wildman–Crippen LogP) is 2.81. The number of carbonyl (C=O) groups excluding carboxylic acids is 1. The van der Waals surface area contributed by atoms with Crippen molar-refractivity contribution in [2.45, 2.75) is 45.6 Å². The number of carboxylic acids is 1. The summed E-state index contributed by atoms with van der Waals surface area (Å²) < 4.78 is 0. The minimum absolute atomic E-state index is 0.161. The Hall–Kier alpha value is -1.36. The average Bonchev–Trinajstić information content (AvgIpc) is 2.80. The summed E-state index contributed by atoms with van der Waals surface area (Å²) in [6, 6.07) is -0.749. The van der Waals surface area contributed by atoms with Crippen molar-refractivity contribution < 1.29 is 14.7 Å². The smallest absolute Gasteiger partial charge is 0.326 e. The molecule has 0 saturated carbocycles. The fraction of sp³-hybridized carbons (Fsp3) is 0.600. The number of fused-ring (bicyclic) bond motifs is 1. The maximum atomic E-state index is 12.5. The number of thiophene rings is 1. The molecule has 1 heterocycles. The van der Waals surface area contributed by atoms with Gasteiger partial charge in [0.25, 0.3) is 5.91 Å². The summed E-state index contributed by atoms with van der Waals surface area (Å²) in [6.45, 7) is 4.02. The van der Waals surface area contributed by atoms with E-state index in [0.717, 1.165) is 24.8 Å². The summed E-state index contributed by atoms with van der Waals surface area (Å²) in [7, 11) is 1.58. The summed E-state index contributed by atoms with van der Waals surface area (Å²) in [5.41, 5.74) is 1.85. The van der Waals surface area contributed by atoms with Crippen molar-refractivity contribution in [3.05, 3.63) is 21.4 Å². The van der Waals surface area contributed by atoms with E-state index in [9.17, 15) is 14.7 Å². The summed E-state index contributed by atoms with van der Waals surface area (Å²) in [5.74, 6) is -0.434. The molecular weight excluding hydrogens is 274 g/mol. The van der Waals surface area contributed by atoms with Crippen LogP contribution in [0.25, 0.3) is 0 Å². The van der Waals surface area contributed by atoms with Crippen LogP contribution in [-0.2, 0) is 17.6 Å². The molecule has 0 saturated heterocycles. The Morgan fingerprint density at radius 1 is 1.55 bits per heavy atom. The second kappa shape index (κ2) is 5.95. The van der Waals surface area contributed by atoms with E-state index in [1.807, 2.05) is 5.38 Å². The van der Waals surface area contributed by atoms with Crippen LogP contribution in [0.3, 0.4) is 0 Å². The maximum absolute atomic E-state index is 12.5. The molecule has 4 nitrogen and oxygen atoms in total. The lowest BCUT2D eigenvalue weighted by Gasteiger charge is -2.25. The van der Waals surface area contributed by atoms with Gasteiger partial charge in [0, 0.05) is 17.3 Å². The lowest BCUT2D eigenvalue weighted by atomic mass is 9.88. The largest absolute Gasteiger partial charge is 0.480 e. The first kappa shape index (κ1) is 15.0. The van der Waals surface area contributed by atoms with Gasteiger partial charge in [0.1, 0.15) is 6.04 Å². The van der Waals surface area contributed by atoms with Crippen LogP contribution in [0.1, 0.15) is 47.5 Å². The number of hydrogen-bond acceptors (Lipinski definition) is 3. The molecule has 1 aromatic rings. The molecule has 5 heteroatoms. The van der Waals surface area contributed by atoms with Crippen LogP contribution in [0.2, 0.25) is 0 Å². The van der Waals surface area contributed by atoms with Crippen LogP contribution in [0, 0.1) is 5.92 Å². The Balaban J connectivity index is 2.24. The van der Waals surface area contributed by atoms with E-state index in [0.29, 0.717) is 17.9 Å². The van der Waals surface area contributed by atoms with Gasteiger partial charge in [-0.25, -0.2) is 4.79 Å². The zero-order chi connectivity index (χ0) is 14.9. The molecule has 2 atom stereocenters. The van der Waals surface area contributed by atoms with E-state index in [1.54, 1.807) is 25.3 Å². The highest BCUT2D eigenvalue weighted by Gasteiger charge is 2.29. The molecule has 0 aliphatic heterocycles. The standard InChI is InChI=1S/C15H21NO3S/c1-4-12(15(18)19)16(3)14(17)11-8-20-13-7-9(2)5-6-10(11)13/h8-9,12H,4-7H2,1-3H3,(H,18,19). The van der Waals surface area contributed by atoms with E-state index in [1.165, 1.54) is 9.78 Å². The van der Waals surface area contributed by atoms with Crippen molar-refractivity contribution in [2.24, 2.45) is 5.92 Å². The highest BCUT2D eigenvalue weighted by molar-refractivity contribution is 7.10. The summed E-state index contributed by atoms with van der Waals surface area (Å²) in [4.78, 5) is 26.4. The van der Waals surface area contributed by atoms with E-state index >= 15 is 0 Å². The van der Waals surface area contributed by atoms with E-state index in [4.69, 9.17) is 0 Å². The first-order chi connectivity index (χ1) is 9.45. The van der Waals surface area contributed by atoms with Gasteiger partial charge in [-0.3, -0.25) is 4.79 Å². The Bertz CT molecular complexity index is 523. The van der Waals surface area contributed by atoms with E-state index < -0.39 is 12.0 Å². The molecular formula is C15H21NO3S. The van der Waals surface area contributed by atoms with Crippen LogP contribution in [0.4, 0.5) is 0 Å². The van der Waals surface area contributed by atoms with Crippen molar-refractivity contribution in [3.8, 4) is 0 Å². The molecule has 2 rings (SSSR count). The maximum Gasteiger partial charge on any atom is 0.326 e. The summed E-state index contributed by atoms with van der Waals surface area (Å²) in [5, 5.41) is 11.1. The Morgan fingerprint density at radius 3 is 2.85 bits per heavy atom. The highest BCUT2D eigenvalue weighted by Crippen LogP contribution is 2.33. The number of likely N-dealkylation sites (N-methyl/N-ethyl adjacent to an activating group) is 1. The van der Waals surface area contributed by atoms with Gasteiger partial charge in [0.15, 0.2) is 0 Å². The minimum Gasteiger partial charge on any atom is -0.480 e. The van der Waals surface area contributed by atoms with Crippen molar-refractivity contribution in [1.29, 1.82) is 0 Å². The highest BCUT2D eigenvalue weighted by atomic mass is 32.1. The second-order valence-electron chi connectivity index (χ2n) is 5.58. The monoisotopic (exact) mass is 295 g/mol. The first-order valence-electron chi connectivity index (χ1n) is 7.04. The van der Waals surface area contributed by atoms with Gasteiger partial charge in [-0.05, 0) is 37.2 Å². The number of rotatable bonds is 4. The summed E-state index contributed by atoms with van der Waals surface area (Å²) in [6.07, 6.45) is 3.48. The minimum atomic E-state index is -0.943. The molecule has 1 N–H and O–H groups in total. The first-order valence-corrected chi connectivity index (χ1v) is 7.92. The van der Waals surface area contributed by atoms with Gasteiger partial charge in [0.05, 0.1) is 5.56 Å². The number of hydrogen-bond donors (Lipinski definition) is 1. The number of nitrogens with zero attached hydrogens (tertiary/aromatic N) is 1. The normalized spacial score (nSPS) is 19.2. The lowest BCUT2D eigenvalue weighted by Crippen LogP contribution is -2.42. The predicted molar refractivity (Wildman–Crippen MR) is 79.3 cm³/mol. The Labute approximate surface area is 123 Å². The molecule has 1 aliphatic rings. The topological polar surface area (TPSA) is 57.6 Å². The molecule has 110 valence electrons. The molecule has 1 amide bonds. The number of carbonyl (C=O) groups is 2.